The SMILES string of the molecule is COc1nc(SC)nc2c1CCN(c1cccc3cccc(F)c13)C2. The molecule has 0 amide bonds. The van der Waals surface area contributed by atoms with Gasteiger partial charge < -0.3 is 9.64 Å². The molecule has 2 heterocycles. The quantitative estimate of drug-likeness (QED) is 0.523. The van der Waals surface area contributed by atoms with Crippen LogP contribution in [-0.2, 0) is 13.0 Å². The van der Waals surface area contributed by atoms with Crippen molar-refractivity contribution in [2.45, 2.75) is 18.1 Å². The van der Waals surface area contributed by atoms with E-state index in [1.54, 1.807) is 13.2 Å². The van der Waals surface area contributed by atoms with E-state index in [1.807, 2.05) is 30.5 Å². The fourth-order valence-corrected chi connectivity index (χ4v) is 3.76. The van der Waals surface area contributed by atoms with Crippen LogP contribution in [0.4, 0.5) is 10.1 Å². The summed E-state index contributed by atoms with van der Waals surface area (Å²) < 4.78 is 19.9. The van der Waals surface area contributed by atoms with Crippen molar-refractivity contribution < 1.29 is 9.13 Å². The molecule has 0 saturated carbocycles. The van der Waals surface area contributed by atoms with Gasteiger partial charge in [0.15, 0.2) is 5.16 Å². The number of ether oxygens (including phenoxy) is 1. The predicted molar refractivity (Wildman–Crippen MR) is 99.0 cm³/mol. The smallest absolute Gasteiger partial charge is 0.220 e. The van der Waals surface area contributed by atoms with E-state index in [2.05, 4.69) is 14.9 Å². The van der Waals surface area contributed by atoms with E-state index >= 15 is 0 Å². The molecule has 128 valence electrons. The second-order valence-electron chi connectivity index (χ2n) is 5.93. The van der Waals surface area contributed by atoms with Crippen LogP contribution < -0.4 is 9.64 Å². The molecule has 6 heteroatoms. The van der Waals surface area contributed by atoms with Crippen LogP contribution in [0, 0.1) is 5.82 Å². The molecule has 1 aromatic heterocycles. The molecule has 1 aliphatic heterocycles. The molecule has 4 nitrogen and oxygen atoms in total. The molecule has 4 rings (SSSR count). The largest absolute Gasteiger partial charge is 0.481 e. The lowest BCUT2D eigenvalue weighted by atomic mass is 10.0. The number of thioether (sulfide) groups is 1. The maximum absolute atomic E-state index is 14.5. The summed E-state index contributed by atoms with van der Waals surface area (Å²) in [4.78, 5) is 11.3. The fraction of sp³-hybridized carbons (Fsp3) is 0.263. The van der Waals surface area contributed by atoms with Crippen molar-refractivity contribution in [3.05, 3.63) is 53.5 Å². The summed E-state index contributed by atoms with van der Waals surface area (Å²) in [5.41, 5.74) is 2.91. The molecule has 0 atom stereocenters. The van der Waals surface area contributed by atoms with Gasteiger partial charge in [0.1, 0.15) is 5.82 Å². The van der Waals surface area contributed by atoms with Crippen LogP contribution in [0.15, 0.2) is 41.6 Å². The Bertz CT molecular complexity index is 942. The van der Waals surface area contributed by atoms with Crippen LogP contribution in [0.3, 0.4) is 0 Å². The molecule has 0 spiro atoms. The highest BCUT2D eigenvalue weighted by molar-refractivity contribution is 7.98. The average molecular weight is 355 g/mol. The number of methoxy groups -OCH3 is 1. The fourth-order valence-electron chi connectivity index (χ4n) is 3.38. The van der Waals surface area contributed by atoms with Crippen molar-refractivity contribution in [2.75, 3.05) is 24.8 Å². The Morgan fingerprint density at radius 1 is 1.16 bits per heavy atom. The van der Waals surface area contributed by atoms with E-state index in [9.17, 15) is 4.39 Å². The summed E-state index contributed by atoms with van der Waals surface area (Å²) in [6, 6.07) is 11.1. The van der Waals surface area contributed by atoms with Gasteiger partial charge in [-0.25, -0.2) is 9.37 Å². The van der Waals surface area contributed by atoms with Gasteiger partial charge in [-0.1, -0.05) is 36.0 Å². The number of rotatable bonds is 3. The first-order chi connectivity index (χ1) is 12.2. The molecule has 0 aliphatic carbocycles. The van der Waals surface area contributed by atoms with Gasteiger partial charge in [-0.3, -0.25) is 0 Å². The Kier molecular flexibility index (Phi) is 4.21. The molecule has 0 saturated heterocycles. The number of aromatic nitrogens is 2. The molecule has 0 N–H and O–H groups in total. The van der Waals surface area contributed by atoms with Crippen molar-refractivity contribution >= 4 is 28.2 Å². The summed E-state index contributed by atoms with van der Waals surface area (Å²) in [6.45, 7) is 1.40. The topological polar surface area (TPSA) is 38.3 Å². The first-order valence-corrected chi connectivity index (χ1v) is 9.33. The van der Waals surface area contributed by atoms with Gasteiger partial charge in [0.05, 0.1) is 19.3 Å². The van der Waals surface area contributed by atoms with Gasteiger partial charge >= 0.3 is 0 Å². The number of fused-ring (bicyclic) bond motifs is 2. The molecule has 3 aromatic rings. The van der Waals surface area contributed by atoms with Crippen molar-refractivity contribution in [3.63, 3.8) is 0 Å². The van der Waals surface area contributed by atoms with E-state index in [0.717, 1.165) is 35.3 Å². The van der Waals surface area contributed by atoms with Gasteiger partial charge in [0, 0.05) is 23.2 Å². The highest BCUT2D eigenvalue weighted by Crippen LogP contribution is 2.34. The Morgan fingerprint density at radius 3 is 2.72 bits per heavy atom. The Morgan fingerprint density at radius 2 is 1.96 bits per heavy atom. The molecule has 0 fully saturated rings. The third-order valence-corrected chi connectivity index (χ3v) is 5.10. The van der Waals surface area contributed by atoms with Crippen LogP contribution >= 0.6 is 11.8 Å². The molecule has 0 radical (unpaired) electrons. The van der Waals surface area contributed by atoms with Crippen molar-refractivity contribution in [2.24, 2.45) is 0 Å². The standard InChI is InChI=1S/C19H18FN3OS/c1-24-18-13-9-10-23(11-15(13)21-19(22-18)25-2)16-8-4-6-12-5-3-7-14(20)17(12)16/h3-8H,9-11H2,1-2H3. The third kappa shape index (κ3) is 2.80. The van der Waals surface area contributed by atoms with Crippen LogP contribution in [-0.4, -0.2) is 29.9 Å². The van der Waals surface area contributed by atoms with Crippen LogP contribution in [0.5, 0.6) is 5.88 Å². The van der Waals surface area contributed by atoms with Crippen LogP contribution in [0.1, 0.15) is 11.3 Å². The number of nitrogens with zero attached hydrogens (tertiary/aromatic N) is 3. The molecule has 25 heavy (non-hydrogen) atoms. The lowest BCUT2D eigenvalue weighted by Crippen LogP contribution is -2.32. The molecule has 0 bridgehead atoms. The van der Waals surface area contributed by atoms with Crippen LogP contribution in [0.25, 0.3) is 10.8 Å². The Balaban J connectivity index is 1.79. The van der Waals surface area contributed by atoms with Gasteiger partial charge in [-0.15, -0.1) is 0 Å². The molecule has 2 aromatic carbocycles. The predicted octanol–water partition coefficient (Wildman–Crippen LogP) is 4.06. The first-order valence-electron chi connectivity index (χ1n) is 8.11. The zero-order chi connectivity index (χ0) is 17.4. The summed E-state index contributed by atoms with van der Waals surface area (Å²) in [6.07, 6.45) is 2.72. The first kappa shape index (κ1) is 16.1. The Labute approximate surface area is 150 Å². The van der Waals surface area contributed by atoms with E-state index < -0.39 is 0 Å². The molecule has 1 aliphatic rings. The number of hydrogen-bond acceptors (Lipinski definition) is 5. The minimum Gasteiger partial charge on any atom is -0.481 e. The van der Waals surface area contributed by atoms with Gasteiger partial charge in [0.25, 0.3) is 0 Å². The van der Waals surface area contributed by atoms with Crippen molar-refractivity contribution in [3.8, 4) is 5.88 Å². The third-order valence-electron chi connectivity index (χ3n) is 4.56. The summed E-state index contributed by atoms with van der Waals surface area (Å²) >= 11 is 1.49. The zero-order valence-corrected chi connectivity index (χ0v) is 14.9. The second-order valence-corrected chi connectivity index (χ2v) is 6.70. The van der Waals surface area contributed by atoms with Gasteiger partial charge in [-0.05, 0) is 30.2 Å². The summed E-state index contributed by atoms with van der Waals surface area (Å²) in [5.74, 6) is 0.460. The van der Waals surface area contributed by atoms with E-state index in [1.165, 1.54) is 17.8 Å². The number of hydrogen-bond donors (Lipinski definition) is 0. The molecule has 0 unspecified atom stereocenters. The Hall–Kier alpha value is -2.34. The van der Waals surface area contributed by atoms with Gasteiger partial charge in [0.2, 0.25) is 5.88 Å². The highest BCUT2D eigenvalue weighted by Gasteiger charge is 2.24. The van der Waals surface area contributed by atoms with E-state index in [0.29, 0.717) is 23.0 Å². The maximum Gasteiger partial charge on any atom is 0.220 e. The van der Waals surface area contributed by atoms with Crippen molar-refractivity contribution in [1.29, 1.82) is 0 Å². The number of halogens is 1. The second kappa shape index (κ2) is 6.52. The minimum absolute atomic E-state index is 0.191. The van der Waals surface area contributed by atoms with Crippen LogP contribution in [0.2, 0.25) is 0 Å². The normalized spacial score (nSPS) is 13.8. The van der Waals surface area contributed by atoms with Gasteiger partial charge in [-0.2, -0.15) is 4.98 Å². The zero-order valence-electron chi connectivity index (χ0n) is 14.1. The average Bonchev–Trinajstić information content (AvgIpc) is 2.66. The van der Waals surface area contributed by atoms with Crippen molar-refractivity contribution in [1.82, 2.24) is 9.97 Å². The lowest BCUT2D eigenvalue weighted by Gasteiger charge is -2.31. The minimum atomic E-state index is -0.191. The molecular formula is C19H18FN3OS. The number of anilines is 1. The highest BCUT2D eigenvalue weighted by atomic mass is 32.2. The monoisotopic (exact) mass is 355 g/mol. The maximum atomic E-state index is 14.5. The number of benzene rings is 2. The lowest BCUT2D eigenvalue weighted by molar-refractivity contribution is 0.383. The van der Waals surface area contributed by atoms with E-state index in [4.69, 9.17) is 4.74 Å². The molecular weight excluding hydrogens is 337 g/mol. The summed E-state index contributed by atoms with van der Waals surface area (Å²) in [5, 5.41) is 2.27. The summed E-state index contributed by atoms with van der Waals surface area (Å²) in [7, 11) is 1.64. The van der Waals surface area contributed by atoms with E-state index in [-0.39, 0.29) is 5.82 Å².